The van der Waals surface area contributed by atoms with Gasteiger partial charge in [0.25, 0.3) is 0 Å². The summed E-state index contributed by atoms with van der Waals surface area (Å²) >= 11 is 0. The quantitative estimate of drug-likeness (QED) is 0.236. The maximum atomic E-state index is 10.5. The van der Waals surface area contributed by atoms with Crippen LogP contribution in [-0.2, 0) is 12.8 Å². The monoisotopic (exact) mass is 446 g/mol. The molecule has 0 radical (unpaired) electrons. The molecule has 0 aliphatic rings. The number of nitrogens with zero attached hydrogens (tertiary/aromatic N) is 6. The van der Waals surface area contributed by atoms with E-state index in [9.17, 15) is 5.11 Å². The molecule has 174 valence electrons. The molecule has 0 aliphatic heterocycles. The van der Waals surface area contributed by atoms with E-state index in [4.69, 9.17) is 0 Å². The summed E-state index contributed by atoms with van der Waals surface area (Å²) in [6, 6.07) is 15.6. The van der Waals surface area contributed by atoms with Gasteiger partial charge in [-0.15, -0.1) is 5.11 Å². The summed E-state index contributed by atoms with van der Waals surface area (Å²) in [6.45, 7) is 8.23. The Balaban J connectivity index is 1.73. The van der Waals surface area contributed by atoms with Gasteiger partial charge in [0.1, 0.15) is 0 Å². The van der Waals surface area contributed by atoms with E-state index < -0.39 is 0 Å². The smallest absolute Gasteiger partial charge is 0.238 e. The molecule has 0 atom stereocenters. The minimum atomic E-state index is 0.0472. The van der Waals surface area contributed by atoms with E-state index in [1.54, 1.807) is 4.68 Å². The van der Waals surface area contributed by atoms with Gasteiger partial charge >= 0.3 is 0 Å². The highest BCUT2D eigenvalue weighted by molar-refractivity contribution is 5.53. The molecule has 0 spiro atoms. The van der Waals surface area contributed by atoms with E-state index in [2.05, 4.69) is 51.5 Å². The molecule has 2 aromatic carbocycles. The SMILES string of the molecule is CCCCCc1ccccc1N=Nc1ccc(N=Nc2c(CCC)nn(C(C)C)c2O)cc1. The third kappa shape index (κ3) is 6.57. The first-order valence-corrected chi connectivity index (χ1v) is 11.8. The van der Waals surface area contributed by atoms with Gasteiger partial charge in [-0.2, -0.15) is 20.4 Å². The van der Waals surface area contributed by atoms with Crippen LogP contribution in [0.15, 0.2) is 69.0 Å². The van der Waals surface area contributed by atoms with E-state index in [1.807, 2.05) is 50.2 Å². The van der Waals surface area contributed by atoms with Crippen LogP contribution >= 0.6 is 0 Å². The van der Waals surface area contributed by atoms with E-state index in [-0.39, 0.29) is 11.9 Å². The zero-order chi connectivity index (χ0) is 23.6. The second-order valence-corrected chi connectivity index (χ2v) is 8.41. The molecule has 7 nitrogen and oxygen atoms in total. The Morgan fingerprint density at radius 3 is 2.12 bits per heavy atom. The van der Waals surface area contributed by atoms with Crippen LogP contribution in [0.1, 0.15) is 70.7 Å². The van der Waals surface area contributed by atoms with E-state index >= 15 is 0 Å². The van der Waals surface area contributed by atoms with Crippen LogP contribution in [0.2, 0.25) is 0 Å². The van der Waals surface area contributed by atoms with Gasteiger partial charge in [0.05, 0.1) is 28.8 Å². The van der Waals surface area contributed by atoms with Gasteiger partial charge in [0.2, 0.25) is 5.88 Å². The largest absolute Gasteiger partial charge is 0.492 e. The lowest BCUT2D eigenvalue weighted by Crippen LogP contribution is -2.02. The van der Waals surface area contributed by atoms with Crippen molar-refractivity contribution in [1.82, 2.24) is 9.78 Å². The molecule has 1 heterocycles. The van der Waals surface area contributed by atoms with Crippen molar-refractivity contribution in [2.24, 2.45) is 20.5 Å². The highest BCUT2D eigenvalue weighted by Crippen LogP contribution is 2.35. The molecule has 0 bridgehead atoms. The Hall–Kier alpha value is -3.35. The lowest BCUT2D eigenvalue weighted by molar-refractivity contribution is 0.377. The van der Waals surface area contributed by atoms with Crippen LogP contribution in [0.4, 0.5) is 22.7 Å². The number of rotatable bonds is 11. The number of hydrogen-bond donors (Lipinski definition) is 1. The number of aryl methyl sites for hydroxylation is 2. The van der Waals surface area contributed by atoms with Gasteiger partial charge < -0.3 is 5.11 Å². The zero-order valence-corrected chi connectivity index (χ0v) is 20.1. The first kappa shape index (κ1) is 24.3. The fourth-order valence-corrected chi connectivity index (χ4v) is 3.52. The summed E-state index contributed by atoms with van der Waals surface area (Å²) < 4.78 is 1.59. The molecular weight excluding hydrogens is 412 g/mol. The second-order valence-electron chi connectivity index (χ2n) is 8.41. The number of aromatic hydroxyl groups is 1. The lowest BCUT2D eigenvalue weighted by Gasteiger charge is -2.05. The topological polar surface area (TPSA) is 87.5 Å². The minimum Gasteiger partial charge on any atom is -0.492 e. The molecule has 0 saturated heterocycles. The maximum absolute atomic E-state index is 10.5. The third-order valence-corrected chi connectivity index (χ3v) is 5.34. The van der Waals surface area contributed by atoms with Gasteiger partial charge in [-0.05, 0) is 69.0 Å². The van der Waals surface area contributed by atoms with Crippen LogP contribution in [-0.4, -0.2) is 14.9 Å². The second kappa shape index (κ2) is 12.0. The Morgan fingerprint density at radius 2 is 1.48 bits per heavy atom. The molecule has 0 aliphatic carbocycles. The minimum absolute atomic E-state index is 0.0472. The van der Waals surface area contributed by atoms with Crippen LogP contribution in [0.3, 0.4) is 0 Å². The van der Waals surface area contributed by atoms with Crippen LogP contribution < -0.4 is 0 Å². The third-order valence-electron chi connectivity index (χ3n) is 5.34. The normalized spacial score (nSPS) is 11.9. The van der Waals surface area contributed by atoms with Crippen molar-refractivity contribution in [1.29, 1.82) is 0 Å². The van der Waals surface area contributed by atoms with E-state index in [1.165, 1.54) is 18.4 Å². The summed E-state index contributed by atoms with van der Waals surface area (Å²) in [4.78, 5) is 0. The number of azo groups is 2. The standard InChI is InChI=1S/C26H34N6O/c1-5-7-8-12-20-13-9-10-14-23(20)29-27-21-15-17-22(18-16-21)28-30-25-24(11-6-2)31-32(19(3)4)26(25)33/h9-10,13-19,33H,5-8,11-12H2,1-4H3. The number of unbranched alkanes of at least 4 members (excludes halogenated alkanes) is 2. The van der Waals surface area contributed by atoms with Crippen molar-refractivity contribution < 1.29 is 5.11 Å². The maximum Gasteiger partial charge on any atom is 0.238 e. The molecule has 0 amide bonds. The van der Waals surface area contributed by atoms with Gasteiger partial charge in [0.15, 0.2) is 5.69 Å². The Morgan fingerprint density at radius 1 is 0.818 bits per heavy atom. The summed E-state index contributed by atoms with van der Waals surface area (Å²) in [6.07, 6.45) is 6.25. The Kier molecular flexibility index (Phi) is 8.87. The molecule has 3 aromatic rings. The number of aromatic nitrogens is 2. The molecule has 7 heteroatoms. The highest BCUT2D eigenvalue weighted by Gasteiger charge is 2.18. The van der Waals surface area contributed by atoms with Gasteiger partial charge in [0, 0.05) is 0 Å². The molecule has 0 unspecified atom stereocenters. The molecule has 33 heavy (non-hydrogen) atoms. The van der Waals surface area contributed by atoms with Gasteiger partial charge in [-0.3, -0.25) is 0 Å². The van der Waals surface area contributed by atoms with Crippen LogP contribution in [0.25, 0.3) is 0 Å². The Labute approximate surface area is 196 Å². The summed E-state index contributed by atoms with van der Waals surface area (Å²) in [5, 5.41) is 32.5. The Bertz CT molecular complexity index is 1080. The molecule has 1 N–H and O–H groups in total. The lowest BCUT2D eigenvalue weighted by atomic mass is 10.1. The fraction of sp³-hybridized carbons (Fsp3) is 0.423. The van der Waals surface area contributed by atoms with Crippen molar-refractivity contribution in [3.05, 3.63) is 59.8 Å². The van der Waals surface area contributed by atoms with Crippen molar-refractivity contribution in [3.63, 3.8) is 0 Å². The predicted molar refractivity (Wildman–Crippen MR) is 133 cm³/mol. The first-order valence-electron chi connectivity index (χ1n) is 11.8. The van der Waals surface area contributed by atoms with E-state index in [0.29, 0.717) is 11.4 Å². The molecule has 3 rings (SSSR count). The van der Waals surface area contributed by atoms with E-state index in [0.717, 1.165) is 42.8 Å². The van der Waals surface area contributed by atoms with Crippen molar-refractivity contribution in [2.45, 2.75) is 72.3 Å². The summed E-state index contributed by atoms with van der Waals surface area (Å²) in [5.74, 6) is 0.0558. The number of hydrogen-bond acceptors (Lipinski definition) is 6. The fourth-order valence-electron chi connectivity index (χ4n) is 3.52. The van der Waals surface area contributed by atoms with Gasteiger partial charge in [-0.1, -0.05) is 51.3 Å². The molecule has 0 fully saturated rings. The van der Waals surface area contributed by atoms with Crippen molar-refractivity contribution >= 4 is 22.7 Å². The summed E-state index contributed by atoms with van der Waals surface area (Å²) in [7, 11) is 0. The first-order chi connectivity index (χ1) is 16.0. The van der Waals surface area contributed by atoms with Crippen LogP contribution in [0, 0.1) is 0 Å². The number of benzene rings is 2. The molecular formula is C26H34N6O. The van der Waals surface area contributed by atoms with Crippen molar-refractivity contribution in [3.8, 4) is 5.88 Å². The predicted octanol–water partition coefficient (Wildman–Crippen LogP) is 8.69. The highest BCUT2D eigenvalue weighted by atomic mass is 16.3. The molecule has 1 aromatic heterocycles. The average molecular weight is 447 g/mol. The van der Waals surface area contributed by atoms with Crippen molar-refractivity contribution in [2.75, 3.05) is 0 Å². The molecule has 0 saturated carbocycles. The zero-order valence-electron chi connectivity index (χ0n) is 20.1. The summed E-state index contributed by atoms with van der Waals surface area (Å²) in [5.41, 5.74) is 4.76. The van der Waals surface area contributed by atoms with Gasteiger partial charge in [-0.25, -0.2) is 4.68 Å². The average Bonchev–Trinajstić information content (AvgIpc) is 3.13. The van der Waals surface area contributed by atoms with Crippen LogP contribution in [0.5, 0.6) is 5.88 Å².